The first-order chi connectivity index (χ1) is 14.9. The molecule has 0 spiro atoms. The summed E-state index contributed by atoms with van der Waals surface area (Å²) in [5, 5.41) is 9.11. The zero-order valence-corrected chi connectivity index (χ0v) is 18.0. The Hall–Kier alpha value is -2.69. The van der Waals surface area contributed by atoms with Gasteiger partial charge in [0.2, 0.25) is 0 Å². The van der Waals surface area contributed by atoms with E-state index in [4.69, 9.17) is 9.84 Å². The third kappa shape index (κ3) is 3.35. The zero-order chi connectivity index (χ0) is 21.8. The molecule has 5 heteroatoms. The van der Waals surface area contributed by atoms with Crippen molar-refractivity contribution in [2.45, 2.75) is 58.0 Å². The van der Waals surface area contributed by atoms with Crippen LogP contribution >= 0.6 is 0 Å². The van der Waals surface area contributed by atoms with Crippen molar-refractivity contribution >= 4 is 11.5 Å². The van der Waals surface area contributed by atoms with Crippen LogP contribution < -0.4 is 4.74 Å². The molecule has 1 saturated carbocycles. The lowest BCUT2D eigenvalue weighted by Gasteiger charge is -2.50. The summed E-state index contributed by atoms with van der Waals surface area (Å²) in [5.74, 6) is 1.08. The molecule has 0 amide bonds. The van der Waals surface area contributed by atoms with Crippen LogP contribution in [0.15, 0.2) is 42.7 Å². The minimum absolute atomic E-state index is 0.0636. The molecular weight excluding hydrogens is 393 g/mol. The highest BCUT2D eigenvalue weighted by Crippen LogP contribution is 2.63. The number of fused-ring (bicyclic) bond motifs is 5. The number of rotatable bonds is 4. The Labute approximate surface area is 182 Å². The summed E-state index contributed by atoms with van der Waals surface area (Å²) in [6.45, 7) is 3.91. The number of aliphatic carboxylic acids is 1. The van der Waals surface area contributed by atoms with Gasteiger partial charge in [-0.1, -0.05) is 19.1 Å². The first-order valence-corrected chi connectivity index (χ1v) is 11.2. The van der Waals surface area contributed by atoms with Crippen LogP contribution in [0.25, 0.3) is 5.57 Å². The summed E-state index contributed by atoms with van der Waals surface area (Å²) >= 11 is 0. The van der Waals surface area contributed by atoms with Gasteiger partial charge in [-0.05, 0) is 103 Å². The normalized spacial score (nSPS) is 29.9. The lowest BCUT2D eigenvalue weighted by Crippen LogP contribution is -2.40. The molecule has 3 aliphatic carbocycles. The Balaban J connectivity index is 1.39. The number of hydrogen-bond acceptors (Lipinski definition) is 3. The van der Waals surface area contributed by atoms with Gasteiger partial charge >= 0.3 is 5.97 Å². The number of nitrogens with zero attached hydrogens (tertiary/aromatic N) is 1. The number of halogens is 1. The number of carboxylic acids is 1. The highest BCUT2D eigenvalue weighted by atomic mass is 19.1. The molecule has 3 aliphatic rings. The summed E-state index contributed by atoms with van der Waals surface area (Å²) in [5.41, 5.74) is 4.94. The molecule has 162 valence electrons. The van der Waals surface area contributed by atoms with Gasteiger partial charge in [0.05, 0.1) is 6.20 Å². The molecule has 1 N–H and O–H groups in total. The number of hydrogen-bond donors (Lipinski definition) is 1. The third-order valence-corrected chi connectivity index (χ3v) is 7.96. The largest absolute Gasteiger partial charge is 0.479 e. The predicted octanol–water partition coefficient (Wildman–Crippen LogP) is 5.62. The van der Waals surface area contributed by atoms with Gasteiger partial charge in [0.25, 0.3) is 0 Å². The van der Waals surface area contributed by atoms with E-state index in [1.165, 1.54) is 22.9 Å². The van der Waals surface area contributed by atoms with Crippen molar-refractivity contribution in [3.8, 4) is 5.75 Å². The van der Waals surface area contributed by atoms with Gasteiger partial charge in [0.1, 0.15) is 11.6 Å². The van der Waals surface area contributed by atoms with Crippen LogP contribution in [0.1, 0.15) is 62.1 Å². The van der Waals surface area contributed by atoms with E-state index in [0.29, 0.717) is 23.5 Å². The van der Waals surface area contributed by atoms with Crippen molar-refractivity contribution in [1.82, 2.24) is 4.98 Å². The Morgan fingerprint density at radius 2 is 2.13 bits per heavy atom. The van der Waals surface area contributed by atoms with Gasteiger partial charge in [-0.3, -0.25) is 4.98 Å². The van der Waals surface area contributed by atoms with Crippen LogP contribution in [0.3, 0.4) is 0 Å². The number of ether oxygens (including phenoxy) is 1. The average molecular weight is 422 g/mol. The molecule has 0 aliphatic heterocycles. The Morgan fingerprint density at radius 1 is 1.29 bits per heavy atom. The Bertz CT molecular complexity index is 1060. The average Bonchev–Trinajstić information content (AvgIpc) is 3.10. The van der Waals surface area contributed by atoms with Crippen LogP contribution in [0.4, 0.5) is 4.39 Å². The lowest BCUT2D eigenvalue weighted by atomic mass is 9.54. The maximum atomic E-state index is 13.8. The van der Waals surface area contributed by atoms with E-state index in [1.807, 2.05) is 12.1 Å². The Kier molecular flexibility index (Phi) is 4.87. The smallest absolute Gasteiger partial charge is 0.344 e. The number of allylic oxidation sites excluding steroid dienone is 2. The monoisotopic (exact) mass is 421 g/mol. The molecule has 1 unspecified atom stereocenters. The summed E-state index contributed by atoms with van der Waals surface area (Å²) in [7, 11) is 0. The van der Waals surface area contributed by atoms with E-state index < -0.39 is 12.1 Å². The highest BCUT2D eigenvalue weighted by molar-refractivity contribution is 5.73. The van der Waals surface area contributed by atoms with Crippen LogP contribution in [-0.4, -0.2) is 22.2 Å². The van der Waals surface area contributed by atoms with Crippen molar-refractivity contribution in [2.75, 3.05) is 0 Å². The van der Waals surface area contributed by atoms with Crippen molar-refractivity contribution < 1.29 is 19.0 Å². The number of aromatic nitrogens is 1. The van der Waals surface area contributed by atoms with E-state index in [1.54, 1.807) is 19.2 Å². The molecule has 0 saturated heterocycles. The molecule has 0 bridgehead atoms. The standard InChI is InChI=1S/C26H28FNO3/c1-15(25(29)30)31-19-4-6-20-16(12-19)3-5-22-21(20)9-10-26(2)23(7-8-24(22)26)17-11-18(27)14-28-13-17/h4,6-7,11-15,21-22,24H,3,5,8-10H2,1-2H3,(H,29,30)/t15?,21-,22-,24+,26-/m1/s1. The molecule has 1 aromatic heterocycles. The van der Waals surface area contributed by atoms with E-state index in [2.05, 4.69) is 24.1 Å². The van der Waals surface area contributed by atoms with Gasteiger partial charge < -0.3 is 9.84 Å². The summed E-state index contributed by atoms with van der Waals surface area (Å²) in [6, 6.07) is 7.73. The topological polar surface area (TPSA) is 59.4 Å². The molecule has 2 aromatic rings. The molecule has 1 fully saturated rings. The van der Waals surface area contributed by atoms with E-state index in [-0.39, 0.29) is 11.2 Å². The summed E-state index contributed by atoms with van der Waals surface area (Å²) < 4.78 is 19.4. The van der Waals surface area contributed by atoms with Crippen LogP contribution in [0.2, 0.25) is 0 Å². The van der Waals surface area contributed by atoms with Crippen molar-refractivity contribution in [1.29, 1.82) is 0 Å². The maximum Gasteiger partial charge on any atom is 0.344 e. The second kappa shape index (κ2) is 7.47. The lowest BCUT2D eigenvalue weighted by molar-refractivity contribution is -0.144. The number of pyridine rings is 1. The van der Waals surface area contributed by atoms with E-state index in [0.717, 1.165) is 37.7 Å². The molecule has 5 atom stereocenters. The van der Waals surface area contributed by atoms with Gasteiger partial charge in [0.15, 0.2) is 6.10 Å². The van der Waals surface area contributed by atoms with Crippen molar-refractivity contribution in [3.05, 3.63) is 65.2 Å². The Morgan fingerprint density at radius 3 is 2.90 bits per heavy atom. The fourth-order valence-corrected chi connectivity index (χ4v) is 6.46. The predicted molar refractivity (Wildman–Crippen MR) is 116 cm³/mol. The second-order valence-electron chi connectivity index (χ2n) is 9.58. The number of carboxylic acid groups (broad SMARTS) is 1. The molecule has 1 heterocycles. The summed E-state index contributed by atoms with van der Waals surface area (Å²) in [4.78, 5) is 15.2. The van der Waals surface area contributed by atoms with Gasteiger partial charge in [0, 0.05) is 6.20 Å². The van der Waals surface area contributed by atoms with Gasteiger partial charge in [-0.2, -0.15) is 0 Å². The maximum absolute atomic E-state index is 13.8. The zero-order valence-electron chi connectivity index (χ0n) is 18.0. The molecule has 0 radical (unpaired) electrons. The van der Waals surface area contributed by atoms with Crippen molar-refractivity contribution in [2.24, 2.45) is 17.3 Å². The minimum atomic E-state index is -0.956. The fourth-order valence-electron chi connectivity index (χ4n) is 6.46. The summed E-state index contributed by atoms with van der Waals surface area (Å²) in [6.07, 6.45) is 9.86. The molecule has 4 nitrogen and oxygen atoms in total. The van der Waals surface area contributed by atoms with Gasteiger partial charge in [-0.25, -0.2) is 9.18 Å². The quantitative estimate of drug-likeness (QED) is 0.696. The van der Waals surface area contributed by atoms with Crippen LogP contribution in [-0.2, 0) is 11.2 Å². The first kappa shape index (κ1) is 20.2. The van der Waals surface area contributed by atoms with E-state index in [9.17, 15) is 9.18 Å². The second-order valence-corrected chi connectivity index (χ2v) is 9.58. The molecule has 1 aromatic carbocycles. The van der Waals surface area contributed by atoms with Crippen LogP contribution in [0, 0.1) is 23.1 Å². The number of carbonyl (C=O) groups is 1. The van der Waals surface area contributed by atoms with E-state index >= 15 is 0 Å². The molecular formula is C26H28FNO3. The number of aryl methyl sites for hydroxylation is 1. The fraction of sp³-hybridized carbons (Fsp3) is 0.462. The third-order valence-electron chi connectivity index (χ3n) is 7.96. The highest BCUT2D eigenvalue weighted by Gasteiger charge is 2.52. The SMILES string of the molecule is CC(Oc1ccc2c(c1)CC[C@@H]1[C@@H]2CC[C@]2(C)C(c3cncc(F)c3)=CC[C@@H]12)C(=O)O. The minimum Gasteiger partial charge on any atom is -0.479 e. The number of benzene rings is 1. The molecule has 31 heavy (non-hydrogen) atoms. The molecule has 5 rings (SSSR count). The van der Waals surface area contributed by atoms with Crippen molar-refractivity contribution in [3.63, 3.8) is 0 Å². The van der Waals surface area contributed by atoms with Crippen LogP contribution in [0.5, 0.6) is 5.75 Å². The van der Waals surface area contributed by atoms with Gasteiger partial charge in [-0.15, -0.1) is 0 Å². The first-order valence-electron chi connectivity index (χ1n) is 11.2.